The maximum atomic E-state index is 13.6. The van der Waals surface area contributed by atoms with Gasteiger partial charge in [0.1, 0.15) is 31.2 Å². The highest BCUT2D eigenvalue weighted by Crippen LogP contribution is 2.33. The highest BCUT2D eigenvalue weighted by Gasteiger charge is 2.37. The van der Waals surface area contributed by atoms with Gasteiger partial charge in [0.05, 0.1) is 37.5 Å². The number of aldehydes is 1. The smallest absolute Gasteiger partial charge is 0.305 e. The lowest BCUT2D eigenvalue weighted by Crippen LogP contribution is -2.55. The summed E-state index contributed by atoms with van der Waals surface area (Å²) in [6, 6.07) is 9.54. The molecule has 2 aromatic rings. The normalized spacial score (nSPS) is 15.5. The number of carboxylic acids is 1. The van der Waals surface area contributed by atoms with Gasteiger partial charge in [-0.15, -0.1) is 0 Å². The van der Waals surface area contributed by atoms with Crippen molar-refractivity contribution in [2.75, 3.05) is 36.6 Å². The van der Waals surface area contributed by atoms with Crippen molar-refractivity contribution in [1.82, 2.24) is 10.6 Å². The zero-order chi connectivity index (χ0) is 27.8. The molecule has 0 fully saturated rings. The van der Waals surface area contributed by atoms with Crippen LogP contribution in [0.5, 0.6) is 5.75 Å². The van der Waals surface area contributed by atoms with Gasteiger partial charge in [-0.25, -0.2) is 0 Å². The molecule has 0 saturated carbocycles. The van der Waals surface area contributed by atoms with Crippen LogP contribution in [0.25, 0.3) is 0 Å². The molecule has 0 unspecified atom stereocenters. The van der Waals surface area contributed by atoms with Crippen molar-refractivity contribution in [3.8, 4) is 5.75 Å². The van der Waals surface area contributed by atoms with Gasteiger partial charge in [-0.2, -0.15) is 0 Å². The number of aliphatic carboxylic acids is 1. The molecule has 13 nitrogen and oxygen atoms in total. The first-order valence-electron chi connectivity index (χ1n) is 11.4. The van der Waals surface area contributed by atoms with Gasteiger partial charge in [0, 0.05) is 5.56 Å². The van der Waals surface area contributed by atoms with Crippen LogP contribution in [-0.4, -0.2) is 85.0 Å². The average molecular weight is 527 g/mol. The van der Waals surface area contributed by atoms with Crippen molar-refractivity contribution in [1.29, 1.82) is 0 Å². The number of aliphatic hydroxyl groups is 1. The predicted octanol–water partition coefficient (Wildman–Crippen LogP) is -0.676. The molecule has 0 spiro atoms. The number of ether oxygens (including phenoxy) is 1. The van der Waals surface area contributed by atoms with Gasteiger partial charge in [0.15, 0.2) is 0 Å². The number of fused-ring (bicyclic) bond motifs is 1. The number of nitrogens with zero attached hydrogens (tertiary/aromatic N) is 2. The molecule has 4 amide bonds. The minimum Gasteiger partial charge on any atom is -0.497 e. The van der Waals surface area contributed by atoms with Crippen LogP contribution in [-0.2, 0) is 24.0 Å². The van der Waals surface area contributed by atoms with Crippen molar-refractivity contribution in [3.05, 3.63) is 54.1 Å². The molecule has 1 heterocycles. The van der Waals surface area contributed by atoms with Gasteiger partial charge in [0.25, 0.3) is 17.7 Å². The number of carboxylic acid groups (broad SMARTS) is 1. The first-order valence-corrected chi connectivity index (χ1v) is 11.4. The SMILES string of the molecule is COc1ccc(C(=O)N[C@H]2CN(C(=O)CO)c3ccccc3N(CC(=O)N[C@H](C=O)CC(=O)O)C2=O)cc1. The fourth-order valence-corrected chi connectivity index (χ4v) is 3.88. The molecule has 1 aliphatic rings. The number of hydrogen-bond acceptors (Lipinski definition) is 8. The van der Waals surface area contributed by atoms with Crippen LogP contribution in [0.3, 0.4) is 0 Å². The van der Waals surface area contributed by atoms with Crippen LogP contribution in [0, 0.1) is 0 Å². The van der Waals surface area contributed by atoms with E-state index in [9.17, 15) is 33.9 Å². The largest absolute Gasteiger partial charge is 0.497 e. The van der Waals surface area contributed by atoms with E-state index in [1.807, 2.05) is 0 Å². The summed E-state index contributed by atoms with van der Waals surface area (Å²) in [6.45, 7) is -1.86. The van der Waals surface area contributed by atoms with Crippen molar-refractivity contribution >= 4 is 47.3 Å². The molecule has 1 aliphatic heterocycles. The van der Waals surface area contributed by atoms with E-state index in [2.05, 4.69) is 10.6 Å². The topological polar surface area (TPSA) is 183 Å². The fourth-order valence-electron chi connectivity index (χ4n) is 3.88. The van der Waals surface area contributed by atoms with Crippen LogP contribution in [0.1, 0.15) is 16.8 Å². The highest BCUT2D eigenvalue weighted by molar-refractivity contribution is 6.11. The molecule has 0 saturated heterocycles. The molecule has 0 aromatic heterocycles. The molecule has 200 valence electrons. The van der Waals surface area contributed by atoms with Crippen LogP contribution in [0.15, 0.2) is 48.5 Å². The number of methoxy groups -OCH3 is 1. The third kappa shape index (κ3) is 6.50. The van der Waals surface area contributed by atoms with Gasteiger partial charge in [-0.3, -0.25) is 28.9 Å². The molecule has 3 rings (SSSR count). The average Bonchev–Trinajstić information content (AvgIpc) is 3.02. The first kappa shape index (κ1) is 27.8. The Labute approximate surface area is 217 Å². The summed E-state index contributed by atoms with van der Waals surface area (Å²) in [7, 11) is 1.47. The van der Waals surface area contributed by atoms with E-state index in [-0.39, 0.29) is 29.8 Å². The molecule has 0 bridgehead atoms. The van der Waals surface area contributed by atoms with Gasteiger partial charge in [0.2, 0.25) is 5.91 Å². The number of carbonyl (C=O) groups is 6. The third-order valence-electron chi connectivity index (χ3n) is 5.69. The first-order chi connectivity index (χ1) is 18.2. The lowest BCUT2D eigenvalue weighted by molar-refractivity contribution is -0.139. The second-order valence-corrected chi connectivity index (χ2v) is 8.24. The quantitative estimate of drug-likeness (QED) is 0.292. The lowest BCUT2D eigenvalue weighted by Gasteiger charge is -2.25. The van der Waals surface area contributed by atoms with Gasteiger partial charge in [-0.05, 0) is 36.4 Å². The number of nitrogens with one attached hydrogen (secondary N) is 2. The molecule has 2 aromatic carbocycles. The van der Waals surface area contributed by atoms with Gasteiger partial charge < -0.3 is 35.3 Å². The Bertz CT molecular complexity index is 1230. The lowest BCUT2D eigenvalue weighted by atomic mass is 10.1. The Morgan fingerprint density at radius 2 is 1.76 bits per heavy atom. The van der Waals surface area contributed by atoms with Crippen LogP contribution in [0.4, 0.5) is 11.4 Å². The van der Waals surface area contributed by atoms with Gasteiger partial charge in [-0.1, -0.05) is 12.1 Å². The number of aliphatic hydroxyl groups excluding tert-OH is 1. The summed E-state index contributed by atoms with van der Waals surface area (Å²) in [4.78, 5) is 76.3. The number of anilines is 2. The maximum absolute atomic E-state index is 13.6. The molecular formula is C25H26N4O9. The molecule has 38 heavy (non-hydrogen) atoms. The third-order valence-corrected chi connectivity index (χ3v) is 5.69. The van der Waals surface area contributed by atoms with E-state index in [0.717, 1.165) is 9.80 Å². The monoisotopic (exact) mass is 526 g/mol. The predicted molar refractivity (Wildman–Crippen MR) is 133 cm³/mol. The standard InChI is InChI=1S/C25H26N4O9/c1-38-17-8-6-15(7-9-17)24(36)27-18-11-28(22(33)14-31)19-4-2-3-5-20(19)29(25(18)37)12-21(32)26-16(13-30)10-23(34)35/h2-9,13,16,18,31H,10-12,14H2,1H3,(H,26,32)(H,27,36)(H,34,35)/t16-,18-/m0/s1. The Hall–Kier alpha value is -4.78. The zero-order valence-corrected chi connectivity index (χ0v) is 20.3. The molecule has 0 aliphatic carbocycles. The van der Waals surface area contributed by atoms with Gasteiger partial charge >= 0.3 is 5.97 Å². The van der Waals surface area contributed by atoms with E-state index in [1.165, 1.54) is 31.4 Å². The summed E-state index contributed by atoms with van der Waals surface area (Å²) in [5, 5.41) is 23.3. The Morgan fingerprint density at radius 3 is 2.34 bits per heavy atom. The fraction of sp³-hybridized carbons (Fsp3) is 0.280. The summed E-state index contributed by atoms with van der Waals surface area (Å²) in [6.07, 6.45) is -0.386. The van der Waals surface area contributed by atoms with Crippen molar-refractivity contribution < 1.29 is 43.7 Å². The zero-order valence-electron chi connectivity index (χ0n) is 20.3. The number of rotatable bonds is 10. The highest BCUT2D eigenvalue weighted by atomic mass is 16.5. The summed E-state index contributed by atoms with van der Waals surface area (Å²) in [5.74, 6) is -3.77. The van der Waals surface area contributed by atoms with E-state index in [4.69, 9.17) is 9.84 Å². The van der Waals surface area contributed by atoms with Crippen molar-refractivity contribution in [2.24, 2.45) is 0 Å². The molecule has 13 heteroatoms. The summed E-state index contributed by atoms with van der Waals surface area (Å²) in [5.41, 5.74) is 0.537. The van der Waals surface area contributed by atoms with E-state index < -0.39 is 61.3 Å². The summed E-state index contributed by atoms with van der Waals surface area (Å²) < 4.78 is 5.08. The van der Waals surface area contributed by atoms with Crippen LogP contribution in [0.2, 0.25) is 0 Å². The number of benzene rings is 2. The minimum absolute atomic E-state index is 0.136. The Morgan fingerprint density at radius 1 is 1.11 bits per heavy atom. The molecule has 4 N–H and O–H groups in total. The number of amides is 4. The number of hydrogen-bond donors (Lipinski definition) is 4. The molecule has 2 atom stereocenters. The second kappa shape index (κ2) is 12.5. The van der Waals surface area contributed by atoms with Crippen LogP contribution < -0.4 is 25.2 Å². The number of para-hydroxylation sites is 2. The maximum Gasteiger partial charge on any atom is 0.305 e. The minimum atomic E-state index is -1.33. The van der Waals surface area contributed by atoms with E-state index in [1.54, 1.807) is 24.3 Å². The molecule has 0 radical (unpaired) electrons. The van der Waals surface area contributed by atoms with E-state index in [0.29, 0.717) is 5.75 Å². The Balaban J connectivity index is 1.95. The number of carbonyl (C=O) groups excluding carboxylic acids is 5. The Kier molecular flexibility index (Phi) is 9.11. The molecular weight excluding hydrogens is 500 g/mol. The summed E-state index contributed by atoms with van der Waals surface area (Å²) >= 11 is 0. The second-order valence-electron chi connectivity index (χ2n) is 8.24. The van der Waals surface area contributed by atoms with Crippen molar-refractivity contribution in [3.63, 3.8) is 0 Å². The van der Waals surface area contributed by atoms with E-state index >= 15 is 0 Å². The van der Waals surface area contributed by atoms with Crippen LogP contribution >= 0.6 is 0 Å². The van der Waals surface area contributed by atoms with Crippen molar-refractivity contribution in [2.45, 2.75) is 18.5 Å².